The van der Waals surface area contributed by atoms with Crippen molar-refractivity contribution in [3.05, 3.63) is 89.8 Å². The van der Waals surface area contributed by atoms with Crippen molar-refractivity contribution in [2.75, 3.05) is 4.90 Å². The number of aliphatic hydroxyl groups excluding tert-OH is 1. The number of carbonyl (C=O) groups excluding carboxylic acids is 2. The number of fused-ring (bicyclic) bond motifs is 1. The number of benzene rings is 2. The van der Waals surface area contributed by atoms with Gasteiger partial charge in [-0.3, -0.25) is 19.5 Å². The summed E-state index contributed by atoms with van der Waals surface area (Å²) >= 11 is 1.31. The molecule has 1 aliphatic heterocycles. The fraction of sp³-hybridized carbons (Fsp3) is 0.154. The van der Waals surface area contributed by atoms with Crippen LogP contribution in [-0.4, -0.2) is 32.9 Å². The van der Waals surface area contributed by atoms with Crippen molar-refractivity contribution in [3.63, 3.8) is 0 Å². The van der Waals surface area contributed by atoms with E-state index in [0.29, 0.717) is 22.1 Å². The van der Waals surface area contributed by atoms with E-state index in [0.717, 1.165) is 10.2 Å². The lowest BCUT2D eigenvalue weighted by atomic mass is 9.98. The van der Waals surface area contributed by atoms with Crippen LogP contribution in [0, 0.1) is 0 Å². The molecule has 1 atom stereocenters. The SMILES string of the molecule is CC(C)Oc1cccc(/C(O)=C2\C(=O)C(=O)N(c3nc4ccccc4s3)C2c2ccccn2)c1. The van der Waals surface area contributed by atoms with Crippen molar-refractivity contribution >= 4 is 44.1 Å². The lowest BCUT2D eigenvalue weighted by Crippen LogP contribution is -2.29. The standard InChI is InChI=1S/C26H21N3O4S/c1-15(2)33-17-9-7-8-16(14-17)23(30)21-22(19-11-5-6-13-27-19)29(25(32)24(21)31)26-28-18-10-3-4-12-20(18)34-26/h3-15,22,30H,1-2H3/b23-21+. The maximum Gasteiger partial charge on any atom is 0.301 e. The van der Waals surface area contributed by atoms with Gasteiger partial charge in [-0.05, 0) is 50.2 Å². The highest BCUT2D eigenvalue weighted by Gasteiger charge is 2.48. The van der Waals surface area contributed by atoms with Gasteiger partial charge in [0.15, 0.2) is 5.13 Å². The number of nitrogens with zero attached hydrogens (tertiary/aromatic N) is 3. The number of rotatable bonds is 5. The van der Waals surface area contributed by atoms with Gasteiger partial charge < -0.3 is 9.84 Å². The molecule has 34 heavy (non-hydrogen) atoms. The number of hydrogen-bond donors (Lipinski definition) is 1. The molecule has 3 heterocycles. The van der Waals surface area contributed by atoms with Gasteiger partial charge in [-0.1, -0.05) is 41.7 Å². The number of aromatic nitrogens is 2. The molecule has 0 aliphatic carbocycles. The number of pyridine rings is 1. The second kappa shape index (κ2) is 8.72. The Morgan fingerprint density at radius 3 is 2.59 bits per heavy atom. The van der Waals surface area contributed by atoms with Gasteiger partial charge in [0, 0.05) is 11.8 Å². The van der Waals surface area contributed by atoms with Crippen LogP contribution in [0.25, 0.3) is 16.0 Å². The molecular formula is C26H21N3O4S. The largest absolute Gasteiger partial charge is 0.507 e. The highest BCUT2D eigenvalue weighted by atomic mass is 32.1. The first-order valence-electron chi connectivity index (χ1n) is 10.8. The molecule has 1 saturated heterocycles. The number of ether oxygens (including phenoxy) is 1. The monoisotopic (exact) mass is 471 g/mol. The quantitative estimate of drug-likeness (QED) is 0.247. The molecule has 1 amide bonds. The van der Waals surface area contributed by atoms with Crippen LogP contribution in [0.4, 0.5) is 5.13 Å². The summed E-state index contributed by atoms with van der Waals surface area (Å²) in [6.45, 7) is 3.80. The fourth-order valence-corrected chi connectivity index (χ4v) is 4.95. The van der Waals surface area contributed by atoms with Crippen LogP contribution in [-0.2, 0) is 9.59 Å². The summed E-state index contributed by atoms with van der Waals surface area (Å²) in [7, 11) is 0. The molecule has 1 aliphatic rings. The van der Waals surface area contributed by atoms with E-state index in [1.165, 1.54) is 16.2 Å². The number of carbonyl (C=O) groups is 2. The van der Waals surface area contributed by atoms with Gasteiger partial charge in [0.2, 0.25) is 0 Å². The first-order valence-corrected chi connectivity index (χ1v) is 11.6. The summed E-state index contributed by atoms with van der Waals surface area (Å²) in [4.78, 5) is 36.9. The number of hydrogen-bond acceptors (Lipinski definition) is 7. The molecule has 2 aromatic carbocycles. The number of Topliss-reactive ketones (excluding diaryl/α,β-unsaturated/α-hetero) is 1. The maximum atomic E-state index is 13.3. The second-order valence-electron chi connectivity index (χ2n) is 8.08. The van der Waals surface area contributed by atoms with E-state index in [1.54, 1.807) is 48.7 Å². The zero-order chi connectivity index (χ0) is 23.8. The van der Waals surface area contributed by atoms with E-state index < -0.39 is 17.7 Å². The number of thiazole rings is 1. The molecule has 0 bridgehead atoms. The number of aliphatic hydroxyl groups is 1. The van der Waals surface area contributed by atoms with Crippen LogP contribution in [0.2, 0.25) is 0 Å². The summed E-state index contributed by atoms with van der Waals surface area (Å²) in [6.07, 6.45) is 1.53. The lowest BCUT2D eigenvalue weighted by molar-refractivity contribution is -0.132. The third-order valence-electron chi connectivity index (χ3n) is 5.38. The molecule has 0 radical (unpaired) electrons. The first kappa shape index (κ1) is 21.8. The Morgan fingerprint density at radius 2 is 1.85 bits per heavy atom. The Hall–Kier alpha value is -4.04. The average molecular weight is 472 g/mol. The average Bonchev–Trinajstić information content (AvgIpc) is 3.37. The van der Waals surface area contributed by atoms with Crippen molar-refractivity contribution in [2.45, 2.75) is 26.0 Å². The zero-order valence-electron chi connectivity index (χ0n) is 18.5. The molecular weight excluding hydrogens is 450 g/mol. The normalized spacial score (nSPS) is 17.6. The van der Waals surface area contributed by atoms with Crippen LogP contribution in [0.15, 0.2) is 78.5 Å². The number of para-hydroxylation sites is 1. The van der Waals surface area contributed by atoms with Crippen LogP contribution in [0.5, 0.6) is 5.75 Å². The van der Waals surface area contributed by atoms with Gasteiger partial charge >= 0.3 is 5.91 Å². The third-order valence-corrected chi connectivity index (χ3v) is 6.42. The maximum absolute atomic E-state index is 13.3. The Bertz CT molecular complexity index is 1400. The third kappa shape index (κ3) is 3.82. The summed E-state index contributed by atoms with van der Waals surface area (Å²) < 4.78 is 6.62. The molecule has 7 nitrogen and oxygen atoms in total. The molecule has 5 rings (SSSR count). The van der Waals surface area contributed by atoms with Gasteiger partial charge in [0.05, 0.1) is 27.6 Å². The van der Waals surface area contributed by atoms with E-state index in [4.69, 9.17) is 4.74 Å². The van der Waals surface area contributed by atoms with Crippen molar-refractivity contribution in [1.82, 2.24) is 9.97 Å². The van der Waals surface area contributed by atoms with E-state index in [-0.39, 0.29) is 17.4 Å². The van der Waals surface area contributed by atoms with E-state index in [2.05, 4.69) is 9.97 Å². The minimum absolute atomic E-state index is 0.0374. The van der Waals surface area contributed by atoms with Crippen LogP contribution < -0.4 is 9.64 Å². The molecule has 8 heteroatoms. The van der Waals surface area contributed by atoms with Gasteiger partial charge in [-0.2, -0.15) is 0 Å². The molecule has 2 aromatic heterocycles. The topological polar surface area (TPSA) is 92.6 Å². The summed E-state index contributed by atoms with van der Waals surface area (Å²) in [5.41, 5.74) is 1.52. The number of anilines is 1. The summed E-state index contributed by atoms with van der Waals surface area (Å²) in [6, 6.07) is 18.7. The lowest BCUT2D eigenvalue weighted by Gasteiger charge is -2.22. The van der Waals surface area contributed by atoms with Gasteiger partial charge in [-0.25, -0.2) is 4.98 Å². The highest BCUT2D eigenvalue weighted by molar-refractivity contribution is 7.22. The second-order valence-corrected chi connectivity index (χ2v) is 9.09. The predicted molar refractivity (Wildman–Crippen MR) is 131 cm³/mol. The number of ketones is 1. The zero-order valence-corrected chi connectivity index (χ0v) is 19.3. The molecule has 0 saturated carbocycles. The molecule has 170 valence electrons. The van der Waals surface area contributed by atoms with E-state index >= 15 is 0 Å². The van der Waals surface area contributed by atoms with Crippen LogP contribution >= 0.6 is 11.3 Å². The first-order chi connectivity index (χ1) is 16.4. The highest BCUT2D eigenvalue weighted by Crippen LogP contribution is 2.43. The van der Waals surface area contributed by atoms with Crippen molar-refractivity contribution in [2.24, 2.45) is 0 Å². The Labute approximate surface area is 200 Å². The Balaban J connectivity index is 1.68. The van der Waals surface area contributed by atoms with Crippen molar-refractivity contribution < 1.29 is 19.4 Å². The van der Waals surface area contributed by atoms with E-state index in [9.17, 15) is 14.7 Å². The minimum Gasteiger partial charge on any atom is -0.507 e. The fourth-order valence-electron chi connectivity index (χ4n) is 3.95. The van der Waals surface area contributed by atoms with Crippen molar-refractivity contribution in [1.29, 1.82) is 0 Å². The van der Waals surface area contributed by atoms with E-state index in [1.807, 2.05) is 38.1 Å². The molecule has 0 spiro atoms. The minimum atomic E-state index is -0.920. The van der Waals surface area contributed by atoms with Gasteiger partial charge in [0.1, 0.15) is 17.6 Å². The van der Waals surface area contributed by atoms with Gasteiger partial charge in [0.25, 0.3) is 5.78 Å². The van der Waals surface area contributed by atoms with Gasteiger partial charge in [-0.15, -0.1) is 0 Å². The Morgan fingerprint density at radius 1 is 1.06 bits per heavy atom. The molecule has 1 fully saturated rings. The number of amides is 1. The van der Waals surface area contributed by atoms with Crippen LogP contribution in [0.1, 0.15) is 31.1 Å². The molecule has 4 aromatic rings. The summed E-state index contributed by atoms with van der Waals surface area (Å²) in [5, 5.41) is 11.7. The predicted octanol–water partition coefficient (Wildman–Crippen LogP) is 5.10. The van der Waals surface area contributed by atoms with Crippen molar-refractivity contribution in [3.8, 4) is 5.75 Å². The van der Waals surface area contributed by atoms with Crippen LogP contribution in [0.3, 0.4) is 0 Å². The Kier molecular flexibility index (Phi) is 5.59. The molecule has 1 N–H and O–H groups in total. The summed E-state index contributed by atoms with van der Waals surface area (Å²) in [5.74, 6) is -1.28. The smallest absolute Gasteiger partial charge is 0.301 e. The molecule has 1 unspecified atom stereocenters.